The van der Waals surface area contributed by atoms with Crippen molar-refractivity contribution in [1.82, 2.24) is 14.5 Å². The van der Waals surface area contributed by atoms with Crippen LogP contribution in [0.2, 0.25) is 0 Å². The Morgan fingerprint density at radius 1 is 1.31 bits per heavy atom. The molecule has 3 aromatic rings. The average Bonchev–Trinajstić information content (AvgIpc) is 3.35. The fourth-order valence-corrected chi connectivity index (χ4v) is 3.97. The van der Waals surface area contributed by atoms with Crippen LogP contribution in [0.15, 0.2) is 54.4 Å². The predicted molar refractivity (Wildman–Crippen MR) is 119 cm³/mol. The monoisotopic (exact) mass is 429 g/mol. The van der Waals surface area contributed by atoms with E-state index in [1.54, 1.807) is 37.8 Å². The normalized spacial score (nSPS) is 12.9. The zero-order valence-corrected chi connectivity index (χ0v) is 18.4. The fourth-order valence-electron chi connectivity index (χ4n) is 3.97. The van der Waals surface area contributed by atoms with Crippen molar-refractivity contribution < 1.29 is 14.3 Å². The second-order valence-corrected chi connectivity index (χ2v) is 7.36. The van der Waals surface area contributed by atoms with E-state index in [4.69, 9.17) is 9.47 Å². The summed E-state index contributed by atoms with van der Waals surface area (Å²) >= 11 is 0. The van der Waals surface area contributed by atoms with E-state index >= 15 is 0 Å². The summed E-state index contributed by atoms with van der Waals surface area (Å²) in [5.41, 5.74) is 5.21. The van der Waals surface area contributed by atoms with Gasteiger partial charge < -0.3 is 14.4 Å². The molecule has 1 aliphatic rings. The van der Waals surface area contributed by atoms with Crippen molar-refractivity contribution >= 4 is 17.3 Å². The van der Waals surface area contributed by atoms with Gasteiger partial charge in [-0.1, -0.05) is 0 Å². The lowest BCUT2D eigenvalue weighted by atomic mass is 9.93. The van der Waals surface area contributed by atoms with Crippen LogP contribution in [0.1, 0.15) is 35.3 Å². The van der Waals surface area contributed by atoms with Crippen LogP contribution < -0.4 is 14.4 Å². The van der Waals surface area contributed by atoms with Gasteiger partial charge in [0.05, 0.1) is 36.7 Å². The number of hydrogen-bond acceptors (Lipinski definition) is 7. The smallest absolute Gasteiger partial charge is 0.261 e. The molecule has 0 radical (unpaired) electrons. The van der Waals surface area contributed by atoms with E-state index in [0.29, 0.717) is 35.8 Å². The Morgan fingerprint density at radius 2 is 2.12 bits per heavy atom. The van der Waals surface area contributed by atoms with E-state index in [9.17, 15) is 10.1 Å². The summed E-state index contributed by atoms with van der Waals surface area (Å²) in [6, 6.07) is 7.39. The summed E-state index contributed by atoms with van der Waals surface area (Å²) in [6.45, 7) is 6.23. The molecule has 0 spiro atoms. The van der Waals surface area contributed by atoms with E-state index in [1.807, 2.05) is 31.7 Å². The molecule has 0 atom stereocenters. The Kier molecular flexibility index (Phi) is 5.65. The lowest BCUT2D eigenvalue weighted by Gasteiger charge is -2.36. The maximum Gasteiger partial charge on any atom is 0.261 e. The van der Waals surface area contributed by atoms with E-state index < -0.39 is 0 Å². The number of benzene rings is 1. The van der Waals surface area contributed by atoms with E-state index in [1.165, 1.54) is 10.9 Å². The lowest BCUT2D eigenvalue weighted by Crippen LogP contribution is -2.29. The number of nitriles is 1. The molecule has 0 amide bonds. The summed E-state index contributed by atoms with van der Waals surface area (Å²) < 4.78 is 12.9. The molecule has 3 heterocycles. The number of pyridine rings is 1. The second kappa shape index (κ2) is 8.55. The Balaban J connectivity index is 1.99. The number of rotatable bonds is 5. The number of aryl methyl sites for hydroxylation is 1. The van der Waals surface area contributed by atoms with Gasteiger partial charge >= 0.3 is 0 Å². The third-order valence-electron chi connectivity index (χ3n) is 5.47. The highest BCUT2D eigenvalue weighted by atomic mass is 16.5. The molecule has 0 unspecified atom stereocenters. The van der Waals surface area contributed by atoms with Crippen molar-refractivity contribution in [3.05, 3.63) is 71.1 Å². The molecule has 1 aliphatic heterocycles. The number of methoxy groups -OCH3 is 1. The van der Waals surface area contributed by atoms with Gasteiger partial charge in [0, 0.05) is 47.9 Å². The first kappa shape index (κ1) is 21.1. The Morgan fingerprint density at radius 3 is 2.78 bits per heavy atom. The number of ether oxygens (including phenoxy) is 2. The van der Waals surface area contributed by atoms with Crippen molar-refractivity contribution in [2.75, 3.05) is 18.6 Å². The minimum absolute atomic E-state index is 0.174. The number of carbonyl (C=O) groups excluding carboxylic acids is 1. The Bertz CT molecular complexity index is 1260. The number of hydrogen-bond donors (Lipinski definition) is 0. The molecule has 0 saturated heterocycles. The van der Waals surface area contributed by atoms with Crippen LogP contribution in [0.25, 0.3) is 0 Å². The van der Waals surface area contributed by atoms with Gasteiger partial charge in [-0.05, 0) is 38.5 Å². The highest BCUT2D eigenvalue weighted by Gasteiger charge is 2.33. The van der Waals surface area contributed by atoms with E-state index in [-0.39, 0.29) is 5.91 Å². The minimum Gasteiger partial charge on any atom is -0.495 e. The highest BCUT2D eigenvalue weighted by molar-refractivity contribution is 5.99. The molecule has 0 fully saturated rings. The van der Waals surface area contributed by atoms with E-state index in [0.717, 1.165) is 28.2 Å². The number of carbonyl (C=O) groups is 1. The van der Waals surface area contributed by atoms with Crippen LogP contribution in [0, 0.1) is 18.3 Å². The molecule has 0 N–H and O–H groups in total. The topological polar surface area (TPSA) is 93.3 Å². The van der Waals surface area contributed by atoms with Crippen molar-refractivity contribution in [3.63, 3.8) is 0 Å². The number of allylic oxidation sites excluding steroid dienone is 2. The maximum atomic E-state index is 13.4. The second-order valence-electron chi connectivity index (χ2n) is 7.36. The summed E-state index contributed by atoms with van der Waals surface area (Å²) in [5, 5.41) is 9.32. The van der Waals surface area contributed by atoms with Gasteiger partial charge in [0.15, 0.2) is 0 Å². The third-order valence-corrected chi connectivity index (χ3v) is 5.47. The highest BCUT2D eigenvalue weighted by Crippen LogP contribution is 2.46. The number of fused-ring (bicyclic) bond motifs is 1. The molecule has 162 valence electrons. The van der Waals surface area contributed by atoms with Gasteiger partial charge in [0.25, 0.3) is 5.91 Å². The van der Waals surface area contributed by atoms with Gasteiger partial charge in [0.2, 0.25) is 5.88 Å². The number of imidazole rings is 1. The molecule has 1 aromatic carbocycles. The van der Waals surface area contributed by atoms with Crippen LogP contribution in [0.3, 0.4) is 0 Å². The van der Waals surface area contributed by atoms with Crippen LogP contribution >= 0.6 is 0 Å². The summed E-state index contributed by atoms with van der Waals surface area (Å²) in [5.74, 6) is 0.848. The van der Waals surface area contributed by atoms with Crippen molar-refractivity contribution in [2.24, 2.45) is 0 Å². The molecule has 4 rings (SSSR count). The Labute approximate surface area is 186 Å². The van der Waals surface area contributed by atoms with Gasteiger partial charge in [-0.2, -0.15) is 5.26 Å². The summed E-state index contributed by atoms with van der Waals surface area (Å²) in [4.78, 5) is 23.9. The fraction of sp³-hybridized carbons (Fsp3) is 0.250. The number of nitrogens with zero attached hydrogens (tertiary/aromatic N) is 5. The standard InChI is InChI=1S/C24H23N5O3/c1-5-32-23-19-11-18(24(30)28-9-8-26-14-28)16(3)29(22(19)15(2)13-27-23)20-7-6-17(12-25)10-21(20)31-4/h6-10,13-14H,5,11H2,1-4H3. The van der Waals surface area contributed by atoms with Crippen LogP contribution in [-0.2, 0) is 6.42 Å². The molecule has 0 saturated carbocycles. The molecular formula is C24H23N5O3. The molecule has 0 bridgehead atoms. The third kappa shape index (κ3) is 3.48. The molecule has 2 aromatic heterocycles. The first-order chi connectivity index (χ1) is 15.5. The van der Waals surface area contributed by atoms with Gasteiger partial charge in [-0.25, -0.2) is 9.97 Å². The van der Waals surface area contributed by atoms with Crippen LogP contribution in [0.5, 0.6) is 11.6 Å². The van der Waals surface area contributed by atoms with Crippen molar-refractivity contribution in [1.29, 1.82) is 5.26 Å². The first-order valence-corrected chi connectivity index (χ1v) is 10.2. The van der Waals surface area contributed by atoms with E-state index in [2.05, 4.69) is 16.0 Å². The SMILES string of the molecule is CCOc1ncc(C)c2c1CC(C(=O)n1ccnc1)=C(C)N2c1ccc(C#N)cc1OC. The molecular weight excluding hydrogens is 406 g/mol. The zero-order chi connectivity index (χ0) is 22.8. The Hall–Kier alpha value is -4.12. The lowest BCUT2D eigenvalue weighted by molar-refractivity contribution is 0.0950. The minimum atomic E-state index is -0.174. The van der Waals surface area contributed by atoms with Crippen LogP contribution in [0.4, 0.5) is 11.4 Å². The molecule has 8 heteroatoms. The number of aromatic nitrogens is 3. The predicted octanol–water partition coefficient (Wildman–Crippen LogP) is 4.17. The maximum absolute atomic E-state index is 13.4. The van der Waals surface area contributed by atoms with Gasteiger partial charge in [-0.3, -0.25) is 9.36 Å². The average molecular weight is 429 g/mol. The summed E-state index contributed by atoms with van der Waals surface area (Å²) in [6.07, 6.45) is 6.83. The molecule has 32 heavy (non-hydrogen) atoms. The molecule has 8 nitrogen and oxygen atoms in total. The van der Waals surface area contributed by atoms with Gasteiger partial charge in [-0.15, -0.1) is 0 Å². The quantitative estimate of drug-likeness (QED) is 0.601. The zero-order valence-electron chi connectivity index (χ0n) is 18.4. The largest absolute Gasteiger partial charge is 0.495 e. The number of anilines is 2. The van der Waals surface area contributed by atoms with Gasteiger partial charge in [0.1, 0.15) is 12.1 Å². The first-order valence-electron chi connectivity index (χ1n) is 10.2. The van der Waals surface area contributed by atoms with Crippen molar-refractivity contribution in [2.45, 2.75) is 27.2 Å². The molecule has 0 aliphatic carbocycles. The van der Waals surface area contributed by atoms with Crippen molar-refractivity contribution in [3.8, 4) is 17.7 Å². The van der Waals surface area contributed by atoms with Crippen LogP contribution in [-0.4, -0.2) is 34.2 Å². The summed E-state index contributed by atoms with van der Waals surface area (Å²) in [7, 11) is 1.56.